The van der Waals surface area contributed by atoms with Crippen molar-refractivity contribution in [1.29, 1.82) is 0 Å². The van der Waals surface area contributed by atoms with Crippen molar-refractivity contribution >= 4 is 15.9 Å². The molecule has 0 amide bonds. The van der Waals surface area contributed by atoms with E-state index in [1.54, 1.807) is 5.56 Å². The lowest BCUT2D eigenvalue weighted by atomic mass is 9.83. The van der Waals surface area contributed by atoms with Crippen LogP contribution < -0.4 is 0 Å². The summed E-state index contributed by atoms with van der Waals surface area (Å²) in [5, 5.41) is 0. The topological polar surface area (TPSA) is 0 Å². The van der Waals surface area contributed by atoms with E-state index < -0.39 is 0 Å². The van der Waals surface area contributed by atoms with Crippen LogP contribution in [0.25, 0.3) is 0 Å². The summed E-state index contributed by atoms with van der Waals surface area (Å²) < 4.78 is 0.208. The summed E-state index contributed by atoms with van der Waals surface area (Å²) in [4.78, 5) is 0. The molecule has 17 heavy (non-hydrogen) atoms. The third-order valence-corrected chi connectivity index (χ3v) is 3.96. The Labute approximate surface area is 114 Å². The second-order valence-electron chi connectivity index (χ2n) is 5.97. The van der Waals surface area contributed by atoms with E-state index in [1.807, 2.05) is 0 Å². The summed E-state index contributed by atoms with van der Waals surface area (Å²) in [5.74, 6) is 0.829. The van der Waals surface area contributed by atoms with Gasteiger partial charge in [0.1, 0.15) is 0 Å². The lowest BCUT2D eigenvalue weighted by Crippen LogP contribution is -2.13. The van der Waals surface area contributed by atoms with E-state index >= 15 is 0 Å². The SMILES string of the molecule is CC(C)(Br)Cc1ccc(C2CCCCC2)cc1. The molecule has 0 bridgehead atoms. The standard InChI is InChI=1S/C16H23Br/c1-16(2,17)12-13-8-10-15(11-9-13)14-6-4-3-5-7-14/h8-11,14H,3-7,12H2,1-2H3. The normalized spacial score (nSPS) is 18.3. The van der Waals surface area contributed by atoms with Crippen LogP contribution in [-0.2, 0) is 6.42 Å². The van der Waals surface area contributed by atoms with Gasteiger partial charge in [0, 0.05) is 4.32 Å². The Balaban J connectivity index is 2.02. The van der Waals surface area contributed by atoms with Gasteiger partial charge in [-0.3, -0.25) is 0 Å². The van der Waals surface area contributed by atoms with Crippen LogP contribution in [0.5, 0.6) is 0 Å². The molecule has 0 nitrogen and oxygen atoms in total. The average molecular weight is 295 g/mol. The molecule has 0 radical (unpaired) electrons. The summed E-state index contributed by atoms with van der Waals surface area (Å²) in [6, 6.07) is 9.33. The average Bonchev–Trinajstić information content (AvgIpc) is 2.29. The zero-order valence-corrected chi connectivity index (χ0v) is 12.6. The van der Waals surface area contributed by atoms with Crippen LogP contribution in [0, 0.1) is 0 Å². The van der Waals surface area contributed by atoms with Crippen LogP contribution in [0.15, 0.2) is 24.3 Å². The summed E-state index contributed by atoms with van der Waals surface area (Å²) in [6.45, 7) is 4.45. The summed E-state index contributed by atoms with van der Waals surface area (Å²) >= 11 is 3.71. The number of benzene rings is 1. The Morgan fingerprint density at radius 3 is 2.18 bits per heavy atom. The maximum Gasteiger partial charge on any atom is 0.0242 e. The Morgan fingerprint density at radius 1 is 1.06 bits per heavy atom. The van der Waals surface area contributed by atoms with Gasteiger partial charge in [0.25, 0.3) is 0 Å². The molecule has 0 atom stereocenters. The minimum Gasteiger partial charge on any atom is -0.0856 e. The van der Waals surface area contributed by atoms with E-state index in [-0.39, 0.29) is 4.32 Å². The fourth-order valence-electron chi connectivity index (χ4n) is 2.83. The van der Waals surface area contributed by atoms with E-state index in [2.05, 4.69) is 54.0 Å². The lowest BCUT2D eigenvalue weighted by Gasteiger charge is -2.22. The summed E-state index contributed by atoms with van der Waals surface area (Å²) in [6.07, 6.45) is 8.15. The Kier molecular flexibility index (Phi) is 4.30. The minimum absolute atomic E-state index is 0.208. The number of rotatable bonds is 3. The van der Waals surface area contributed by atoms with E-state index in [0.29, 0.717) is 0 Å². The Morgan fingerprint density at radius 2 is 1.65 bits per heavy atom. The van der Waals surface area contributed by atoms with Gasteiger partial charge < -0.3 is 0 Å². The quantitative estimate of drug-likeness (QED) is 0.650. The van der Waals surface area contributed by atoms with E-state index in [0.717, 1.165) is 12.3 Å². The second-order valence-corrected chi connectivity index (χ2v) is 8.12. The van der Waals surface area contributed by atoms with Gasteiger partial charge in [-0.15, -0.1) is 0 Å². The Bertz CT molecular complexity index is 339. The molecular formula is C16H23Br. The van der Waals surface area contributed by atoms with Gasteiger partial charge in [-0.2, -0.15) is 0 Å². The van der Waals surface area contributed by atoms with E-state index in [1.165, 1.54) is 37.7 Å². The monoisotopic (exact) mass is 294 g/mol. The minimum atomic E-state index is 0.208. The molecule has 0 saturated heterocycles. The number of halogens is 1. The molecule has 1 aromatic rings. The van der Waals surface area contributed by atoms with Crippen LogP contribution >= 0.6 is 15.9 Å². The largest absolute Gasteiger partial charge is 0.0856 e. The molecule has 0 N–H and O–H groups in total. The van der Waals surface area contributed by atoms with Crippen molar-refractivity contribution in [3.63, 3.8) is 0 Å². The predicted octanol–water partition coefficient (Wildman–Crippen LogP) is 5.45. The number of alkyl halides is 1. The lowest BCUT2D eigenvalue weighted by molar-refractivity contribution is 0.443. The first-order chi connectivity index (χ1) is 8.04. The van der Waals surface area contributed by atoms with Crippen LogP contribution in [-0.4, -0.2) is 4.32 Å². The number of hydrogen-bond acceptors (Lipinski definition) is 0. The van der Waals surface area contributed by atoms with Gasteiger partial charge in [-0.25, -0.2) is 0 Å². The van der Waals surface area contributed by atoms with Gasteiger partial charge in [0.05, 0.1) is 0 Å². The highest BCUT2D eigenvalue weighted by Gasteiger charge is 2.16. The Hall–Kier alpha value is -0.300. The number of hydrogen-bond donors (Lipinski definition) is 0. The van der Waals surface area contributed by atoms with Crippen molar-refractivity contribution in [1.82, 2.24) is 0 Å². The maximum atomic E-state index is 3.71. The highest BCUT2D eigenvalue weighted by molar-refractivity contribution is 9.10. The zero-order chi connectivity index (χ0) is 12.3. The molecule has 1 aliphatic rings. The van der Waals surface area contributed by atoms with Gasteiger partial charge in [0.15, 0.2) is 0 Å². The molecular weight excluding hydrogens is 272 g/mol. The van der Waals surface area contributed by atoms with Crippen molar-refractivity contribution in [3.8, 4) is 0 Å². The molecule has 0 aromatic heterocycles. The predicted molar refractivity (Wildman–Crippen MR) is 79.0 cm³/mol. The molecule has 0 heterocycles. The van der Waals surface area contributed by atoms with Crippen LogP contribution in [0.2, 0.25) is 0 Å². The van der Waals surface area contributed by atoms with Gasteiger partial charge in [0.2, 0.25) is 0 Å². The molecule has 0 spiro atoms. The second kappa shape index (κ2) is 5.56. The first-order valence-corrected chi connectivity index (χ1v) is 7.62. The molecule has 0 aliphatic heterocycles. The third kappa shape index (κ3) is 4.13. The zero-order valence-electron chi connectivity index (χ0n) is 11.0. The van der Waals surface area contributed by atoms with Crippen LogP contribution in [0.4, 0.5) is 0 Å². The molecule has 1 fully saturated rings. The first-order valence-electron chi connectivity index (χ1n) is 6.82. The highest BCUT2D eigenvalue weighted by atomic mass is 79.9. The maximum absolute atomic E-state index is 3.71. The van der Waals surface area contributed by atoms with Crippen LogP contribution in [0.3, 0.4) is 0 Å². The van der Waals surface area contributed by atoms with Crippen molar-refractivity contribution in [3.05, 3.63) is 35.4 Å². The van der Waals surface area contributed by atoms with Gasteiger partial charge in [-0.05, 0) is 50.2 Å². The molecule has 1 saturated carbocycles. The fourth-order valence-corrected chi connectivity index (χ4v) is 3.15. The summed E-state index contributed by atoms with van der Waals surface area (Å²) in [5.41, 5.74) is 2.99. The molecule has 1 aliphatic carbocycles. The molecule has 2 rings (SSSR count). The van der Waals surface area contributed by atoms with Gasteiger partial charge >= 0.3 is 0 Å². The fraction of sp³-hybridized carbons (Fsp3) is 0.625. The van der Waals surface area contributed by atoms with Gasteiger partial charge in [-0.1, -0.05) is 59.5 Å². The van der Waals surface area contributed by atoms with Crippen molar-refractivity contribution < 1.29 is 0 Å². The van der Waals surface area contributed by atoms with Crippen LogP contribution in [0.1, 0.15) is 63.0 Å². The molecule has 1 heteroatoms. The smallest absolute Gasteiger partial charge is 0.0242 e. The molecule has 1 aromatic carbocycles. The first kappa shape index (κ1) is 13.1. The van der Waals surface area contributed by atoms with Crippen molar-refractivity contribution in [2.75, 3.05) is 0 Å². The summed E-state index contributed by atoms with van der Waals surface area (Å²) in [7, 11) is 0. The van der Waals surface area contributed by atoms with E-state index in [4.69, 9.17) is 0 Å². The van der Waals surface area contributed by atoms with Crippen molar-refractivity contribution in [2.45, 2.75) is 62.6 Å². The van der Waals surface area contributed by atoms with Crippen molar-refractivity contribution in [2.24, 2.45) is 0 Å². The van der Waals surface area contributed by atoms with E-state index in [9.17, 15) is 0 Å². The highest BCUT2D eigenvalue weighted by Crippen LogP contribution is 2.33. The molecule has 94 valence electrons. The molecule has 0 unspecified atom stereocenters. The third-order valence-electron chi connectivity index (χ3n) is 3.68.